The second-order valence-corrected chi connectivity index (χ2v) is 6.51. The normalized spacial score (nSPS) is 10.4. The molecular weight excluding hydrogens is 362 g/mol. The molecule has 0 aliphatic heterocycles. The molecule has 1 amide bonds. The first kappa shape index (κ1) is 21.1. The van der Waals surface area contributed by atoms with E-state index in [4.69, 9.17) is 14.6 Å². The summed E-state index contributed by atoms with van der Waals surface area (Å²) in [6.45, 7) is 2.09. The molecule has 0 bridgehead atoms. The van der Waals surface area contributed by atoms with Crippen molar-refractivity contribution < 1.29 is 29.3 Å². The molecule has 0 heterocycles. The highest BCUT2D eigenvalue weighted by Crippen LogP contribution is 2.34. The summed E-state index contributed by atoms with van der Waals surface area (Å²) in [5, 5.41) is 19.7. The van der Waals surface area contributed by atoms with E-state index in [0.717, 1.165) is 6.42 Å². The molecule has 2 N–H and O–H groups in total. The van der Waals surface area contributed by atoms with E-state index in [-0.39, 0.29) is 29.4 Å². The lowest BCUT2D eigenvalue weighted by Crippen LogP contribution is -2.22. The number of methoxy groups -OCH3 is 1. The Morgan fingerprint density at radius 3 is 2.39 bits per heavy atom. The van der Waals surface area contributed by atoms with Crippen LogP contribution in [-0.2, 0) is 13.0 Å². The van der Waals surface area contributed by atoms with Crippen LogP contribution < -0.4 is 9.47 Å². The van der Waals surface area contributed by atoms with Crippen LogP contribution in [0.4, 0.5) is 0 Å². The Balaban J connectivity index is 2.32. The maximum absolute atomic E-state index is 12.2. The molecule has 0 aromatic heterocycles. The first-order valence-corrected chi connectivity index (χ1v) is 8.89. The van der Waals surface area contributed by atoms with Gasteiger partial charge in [-0.1, -0.05) is 19.4 Å². The number of aromatic hydroxyl groups is 1. The van der Waals surface area contributed by atoms with E-state index in [0.29, 0.717) is 29.0 Å². The molecule has 2 aromatic carbocycles. The number of hydrogen-bond donors (Lipinski definition) is 2. The summed E-state index contributed by atoms with van der Waals surface area (Å²) in [6.07, 6.45) is 1.31. The second-order valence-electron chi connectivity index (χ2n) is 6.51. The molecule has 7 heteroatoms. The maximum atomic E-state index is 12.2. The highest BCUT2D eigenvalue weighted by Gasteiger charge is 2.20. The van der Waals surface area contributed by atoms with Gasteiger partial charge in [-0.25, -0.2) is 4.79 Å². The average Bonchev–Trinajstić information content (AvgIpc) is 2.67. The lowest BCUT2D eigenvalue weighted by Gasteiger charge is -2.18. The summed E-state index contributed by atoms with van der Waals surface area (Å²) in [5.74, 6) is -0.528. The standard InChI is InChI=1S/C21H25NO6/c1-5-6-15-17(10-9-16(19(15)23)20(24)22(2)3)28-12-14-8-7-13(21(25)26)11-18(14)27-4/h7-11,23H,5-6,12H2,1-4H3,(H,25,26). The monoisotopic (exact) mass is 387 g/mol. The van der Waals surface area contributed by atoms with E-state index in [1.165, 1.54) is 30.2 Å². The molecule has 0 spiro atoms. The number of amides is 1. The van der Waals surface area contributed by atoms with Gasteiger partial charge >= 0.3 is 5.97 Å². The first-order chi connectivity index (χ1) is 13.3. The minimum atomic E-state index is -1.04. The largest absolute Gasteiger partial charge is 0.507 e. The third-order valence-electron chi connectivity index (χ3n) is 4.29. The van der Waals surface area contributed by atoms with E-state index in [1.54, 1.807) is 26.2 Å². The van der Waals surface area contributed by atoms with Crippen molar-refractivity contribution in [3.8, 4) is 17.2 Å². The Morgan fingerprint density at radius 2 is 1.82 bits per heavy atom. The number of hydrogen-bond acceptors (Lipinski definition) is 5. The Morgan fingerprint density at radius 1 is 1.11 bits per heavy atom. The van der Waals surface area contributed by atoms with Crippen molar-refractivity contribution in [1.29, 1.82) is 0 Å². The number of phenolic OH excluding ortho intramolecular Hbond substituents is 1. The zero-order valence-electron chi connectivity index (χ0n) is 16.5. The maximum Gasteiger partial charge on any atom is 0.335 e. The smallest absolute Gasteiger partial charge is 0.335 e. The van der Waals surface area contributed by atoms with Crippen LogP contribution in [0.15, 0.2) is 30.3 Å². The number of nitrogens with zero attached hydrogens (tertiary/aromatic N) is 1. The third-order valence-corrected chi connectivity index (χ3v) is 4.29. The zero-order valence-corrected chi connectivity index (χ0v) is 16.5. The summed E-state index contributed by atoms with van der Waals surface area (Å²) in [6, 6.07) is 7.75. The molecule has 28 heavy (non-hydrogen) atoms. The predicted molar refractivity (Wildman–Crippen MR) is 104 cm³/mol. The van der Waals surface area contributed by atoms with E-state index < -0.39 is 5.97 Å². The van der Waals surface area contributed by atoms with E-state index >= 15 is 0 Å². The molecule has 7 nitrogen and oxygen atoms in total. The van der Waals surface area contributed by atoms with Gasteiger partial charge in [-0.05, 0) is 30.7 Å². The quantitative estimate of drug-likeness (QED) is 0.721. The van der Waals surface area contributed by atoms with Gasteiger partial charge in [-0.15, -0.1) is 0 Å². The fraction of sp³-hybridized carbons (Fsp3) is 0.333. The second kappa shape index (κ2) is 9.12. The number of carboxylic acids is 1. The van der Waals surface area contributed by atoms with Crippen molar-refractivity contribution in [3.05, 3.63) is 52.6 Å². The molecule has 2 aromatic rings. The number of ether oxygens (including phenoxy) is 2. The van der Waals surface area contributed by atoms with Gasteiger partial charge in [-0.3, -0.25) is 4.79 Å². The van der Waals surface area contributed by atoms with Gasteiger partial charge in [0.1, 0.15) is 23.9 Å². The van der Waals surface area contributed by atoms with Gasteiger partial charge in [0, 0.05) is 25.2 Å². The molecule has 0 unspecified atom stereocenters. The number of benzene rings is 2. The van der Waals surface area contributed by atoms with Crippen LogP contribution in [0.1, 0.15) is 45.2 Å². The number of carbonyl (C=O) groups is 2. The van der Waals surface area contributed by atoms with Crippen molar-refractivity contribution in [1.82, 2.24) is 4.90 Å². The van der Waals surface area contributed by atoms with Crippen molar-refractivity contribution in [2.75, 3.05) is 21.2 Å². The summed E-state index contributed by atoms with van der Waals surface area (Å²) < 4.78 is 11.1. The SMILES string of the molecule is CCCc1c(OCc2ccc(C(=O)O)cc2OC)ccc(C(=O)N(C)C)c1O. The molecule has 0 radical (unpaired) electrons. The molecule has 0 atom stereocenters. The lowest BCUT2D eigenvalue weighted by atomic mass is 10.0. The van der Waals surface area contributed by atoms with Gasteiger partial charge in [0.25, 0.3) is 5.91 Å². The fourth-order valence-electron chi connectivity index (χ4n) is 2.81. The molecule has 0 fully saturated rings. The number of phenols is 1. The molecule has 0 saturated heterocycles. The van der Waals surface area contributed by atoms with E-state index in [2.05, 4.69) is 0 Å². The van der Waals surface area contributed by atoms with Gasteiger partial charge in [-0.2, -0.15) is 0 Å². The van der Waals surface area contributed by atoms with E-state index in [9.17, 15) is 14.7 Å². The van der Waals surface area contributed by atoms with Crippen molar-refractivity contribution in [2.45, 2.75) is 26.4 Å². The Kier molecular flexibility index (Phi) is 6.87. The number of carbonyl (C=O) groups excluding carboxylic acids is 1. The lowest BCUT2D eigenvalue weighted by molar-refractivity contribution is 0.0695. The van der Waals surface area contributed by atoms with Crippen molar-refractivity contribution >= 4 is 11.9 Å². The summed E-state index contributed by atoms with van der Waals surface area (Å²) in [7, 11) is 4.71. The summed E-state index contributed by atoms with van der Waals surface area (Å²) in [5.41, 5.74) is 1.58. The van der Waals surface area contributed by atoms with Crippen LogP contribution in [0, 0.1) is 0 Å². The van der Waals surface area contributed by atoms with E-state index in [1.807, 2.05) is 6.92 Å². The number of aromatic carboxylic acids is 1. The van der Waals surface area contributed by atoms with Crippen molar-refractivity contribution in [3.63, 3.8) is 0 Å². The predicted octanol–water partition coefficient (Wildman–Crippen LogP) is 3.33. The number of carboxylic acid groups (broad SMARTS) is 1. The van der Waals surface area contributed by atoms with Crippen LogP contribution in [0.5, 0.6) is 17.2 Å². The van der Waals surface area contributed by atoms with Gasteiger partial charge in [0.15, 0.2) is 0 Å². The Labute approximate surface area is 164 Å². The first-order valence-electron chi connectivity index (χ1n) is 8.89. The van der Waals surface area contributed by atoms with Crippen molar-refractivity contribution in [2.24, 2.45) is 0 Å². The summed E-state index contributed by atoms with van der Waals surface area (Å²) >= 11 is 0. The van der Waals surface area contributed by atoms with Gasteiger partial charge < -0.3 is 24.6 Å². The minimum absolute atomic E-state index is 0.0776. The topological polar surface area (TPSA) is 96.3 Å². The third kappa shape index (κ3) is 4.54. The molecular formula is C21H25NO6. The summed E-state index contributed by atoms with van der Waals surface area (Å²) in [4.78, 5) is 24.7. The Hall–Kier alpha value is -3.22. The Bertz CT molecular complexity index is 875. The molecule has 150 valence electrons. The fourth-order valence-corrected chi connectivity index (χ4v) is 2.81. The van der Waals surface area contributed by atoms with Crippen LogP contribution in [-0.4, -0.2) is 48.2 Å². The van der Waals surface area contributed by atoms with Crippen LogP contribution >= 0.6 is 0 Å². The molecule has 0 saturated carbocycles. The van der Waals surface area contributed by atoms with Gasteiger partial charge in [0.05, 0.1) is 18.2 Å². The zero-order chi connectivity index (χ0) is 20.8. The molecule has 2 rings (SSSR count). The highest BCUT2D eigenvalue weighted by atomic mass is 16.5. The van der Waals surface area contributed by atoms with Crippen LogP contribution in [0.2, 0.25) is 0 Å². The average molecular weight is 387 g/mol. The van der Waals surface area contributed by atoms with Crippen LogP contribution in [0.3, 0.4) is 0 Å². The highest BCUT2D eigenvalue weighted by molar-refractivity contribution is 5.97. The molecule has 0 aliphatic carbocycles. The number of rotatable bonds is 8. The van der Waals surface area contributed by atoms with Crippen LogP contribution in [0.25, 0.3) is 0 Å². The minimum Gasteiger partial charge on any atom is -0.507 e. The van der Waals surface area contributed by atoms with Gasteiger partial charge in [0.2, 0.25) is 0 Å². The molecule has 0 aliphatic rings.